The number of aromatic nitrogens is 1. The van der Waals surface area contributed by atoms with Crippen LogP contribution in [-0.2, 0) is 9.59 Å². The molecule has 0 saturated carbocycles. The van der Waals surface area contributed by atoms with Crippen LogP contribution in [0.15, 0.2) is 11.6 Å². The van der Waals surface area contributed by atoms with Gasteiger partial charge in [-0.3, -0.25) is 9.59 Å². The molecule has 1 rings (SSSR count). The van der Waals surface area contributed by atoms with Gasteiger partial charge in [-0.05, 0) is 6.42 Å². The van der Waals surface area contributed by atoms with Gasteiger partial charge in [-0.2, -0.15) is 0 Å². The van der Waals surface area contributed by atoms with Gasteiger partial charge in [-0.15, -0.1) is 11.3 Å². The van der Waals surface area contributed by atoms with Gasteiger partial charge < -0.3 is 10.6 Å². The Hall–Kier alpha value is -1.43. The van der Waals surface area contributed by atoms with Crippen LogP contribution in [0, 0.1) is 0 Å². The standard InChI is InChI=1S/C11H17N3O2S/c1-3-9(11-13-6-7-17-11)14-10(16)4-5-12-8(2)15/h6-7,9H,3-5H2,1-2H3,(H,12,15)(H,14,16). The van der Waals surface area contributed by atoms with Crippen LogP contribution >= 0.6 is 11.3 Å². The first kappa shape index (κ1) is 13.6. The summed E-state index contributed by atoms with van der Waals surface area (Å²) in [5, 5.41) is 8.30. The lowest BCUT2D eigenvalue weighted by atomic mass is 10.2. The van der Waals surface area contributed by atoms with E-state index < -0.39 is 0 Å². The Bertz CT molecular complexity index is 365. The number of amides is 2. The van der Waals surface area contributed by atoms with E-state index in [4.69, 9.17) is 0 Å². The fourth-order valence-corrected chi connectivity index (χ4v) is 2.14. The molecule has 0 spiro atoms. The van der Waals surface area contributed by atoms with Crippen molar-refractivity contribution < 1.29 is 9.59 Å². The quantitative estimate of drug-likeness (QED) is 0.803. The summed E-state index contributed by atoms with van der Waals surface area (Å²) in [5.74, 6) is -0.189. The Morgan fingerprint density at radius 2 is 2.29 bits per heavy atom. The molecule has 0 bridgehead atoms. The second kappa shape index (κ2) is 7.01. The van der Waals surface area contributed by atoms with Gasteiger partial charge in [0.25, 0.3) is 0 Å². The minimum atomic E-state index is -0.121. The van der Waals surface area contributed by atoms with E-state index in [9.17, 15) is 9.59 Å². The molecule has 0 aromatic carbocycles. The molecule has 0 saturated heterocycles. The summed E-state index contributed by atoms with van der Waals surface area (Å²) in [4.78, 5) is 26.4. The first-order valence-electron chi connectivity index (χ1n) is 5.56. The molecular weight excluding hydrogens is 238 g/mol. The molecule has 0 fully saturated rings. The summed E-state index contributed by atoms with van der Waals surface area (Å²) in [7, 11) is 0. The average Bonchev–Trinajstić information content (AvgIpc) is 2.78. The first-order chi connectivity index (χ1) is 8.13. The van der Waals surface area contributed by atoms with Crippen molar-refractivity contribution in [3.05, 3.63) is 16.6 Å². The predicted octanol–water partition coefficient (Wildman–Crippen LogP) is 1.24. The molecule has 0 radical (unpaired) electrons. The van der Waals surface area contributed by atoms with Gasteiger partial charge in [0.1, 0.15) is 5.01 Å². The van der Waals surface area contributed by atoms with Crippen molar-refractivity contribution in [3.63, 3.8) is 0 Å². The monoisotopic (exact) mass is 255 g/mol. The van der Waals surface area contributed by atoms with Gasteiger partial charge in [0, 0.05) is 31.5 Å². The van der Waals surface area contributed by atoms with Crippen LogP contribution < -0.4 is 10.6 Å². The van der Waals surface area contributed by atoms with Crippen molar-refractivity contribution in [2.24, 2.45) is 0 Å². The van der Waals surface area contributed by atoms with E-state index in [1.54, 1.807) is 6.20 Å². The molecule has 94 valence electrons. The van der Waals surface area contributed by atoms with E-state index in [0.29, 0.717) is 13.0 Å². The first-order valence-corrected chi connectivity index (χ1v) is 6.44. The van der Waals surface area contributed by atoms with Crippen molar-refractivity contribution in [1.82, 2.24) is 15.6 Å². The number of rotatable bonds is 6. The second-order valence-electron chi connectivity index (χ2n) is 3.63. The normalized spacial score (nSPS) is 11.9. The second-order valence-corrected chi connectivity index (χ2v) is 4.56. The molecule has 1 unspecified atom stereocenters. The number of nitrogens with zero attached hydrogens (tertiary/aromatic N) is 1. The molecular formula is C11H17N3O2S. The molecule has 2 N–H and O–H groups in total. The topological polar surface area (TPSA) is 71.1 Å². The highest BCUT2D eigenvalue weighted by Gasteiger charge is 2.14. The maximum atomic E-state index is 11.6. The third kappa shape index (κ3) is 4.95. The zero-order chi connectivity index (χ0) is 12.7. The molecule has 2 amide bonds. The summed E-state index contributed by atoms with van der Waals surface area (Å²) in [6.45, 7) is 3.80. The highest BCUT2D eigenvalue weighted by Crippen LogP contribution is 2.18. The van der Waals surface area contributed by atoms with Crippen molar-refractivity contribution in [2.75, 3.05) is 6.54 Å². The fraction of sp³-hybridized carbons (Fsp3) is 0.545. The Morgan fingerprint density at radius 1 is 1.53 bits per heavy atom. The maximum Gasteiger partial charge on any atom is 0.222 e. The van der Waals surface area contributed by atoms with Crippen LogP contribution in [0.1, 0.15) is 37.7 Å². The van der Waals surface area contributed by atoms with Gasteiger partial charge >= 0.3 is 0 Å². The number of nitrogens with one attached hydrogen (secondary N) is 2. The zero-order valence-electron chi connectivity index (χ0n) is 10.0. The predicted molar refractivity (Wildman–Crippen MR) is 66.6 cm³/mol. The average molecular weight is 255 g/mol. The number of carbonyl (C=O) groups is 2. The number of carbonyl (C=O) groups excluding carboxylic acids is 2. The third-order valence-electron chi connectivity index (χ3n) is 2.22. The van der Waals surface area contributed by atoms with E-state index in [0.717, 1.165) is 11.4 Å². The SMILES string of the molecule is CCC(NC(=O)CCNC(C)=O)c1nccs1. The number of hydrogen-bond donors (Lipinski definition) is 2. The lowest BCUT2D eigenvalue weighted by molar-refractivity contribution is -0.122. The molecule has 1 atom stereocenters. The zero-order valence-corrected chi connectivity index (χ0v) is 10.8. The van der Waals surface area contributed by atoms with Crippen LogP contribution in [0.25, 0.3) is 0 Å². The minimum absolute atomic E-state index is 0.0279. The van der Waals surface area contributed by atoms with Gasteiger partial charge in [-0.1, -0.05) is 6.92 Å². The lowest BCUT2D eigenvalue weighted by Crippen LogP contribution is -2.32. The Balaban J connectivity index is 2.36. The minimum Gasteiger partial charge on any atom is -0.356 e. The Kier molecular flexibility index (Phi) is 5.62. The van der Waals surface area contributed by atoms with Gasteiger partial charge in [0.05, 0.1) is 6.04 Å². The molecule has 0 aliphatic heterocycles. The Morgan fingerprint density at radius 3 is 2.82 bits per heavy atom. The molecule has 1 aromatic heterocycles. The summed E-state index contributed by atoms with van der Waals surface area (Å²) < 4.78 is 0. The van der Waals surface area contributed by atoms with Gasteiger partial charge in [0.15, 0.2) is 0 Å². The largest absolute Gasteiger partial charge is 0.356 e. The molecule has 1 aromatic rings. The van der Waals surface area contributed by atoms with Crippen molar-refractivity contribution in [3.8, 4) is 0 Å². The van der Waals surface area contributed by atoms with Crippen molar-refractivity contribution >= 4 is 23.2 Å². The summed E-state index contributed by atoms with van der Waals surface area (Å²) in [5.41, 5.74) is 0. The van der Waals surface area contributed by atoms with E-state index in [2.05, 4.69) is 15.6 Å². The highest BCUT2D eigenvalue weighted by molar-refractivity contribution is 7.09. The van der Waals surface area contributed by atoms with Crippen LogP contribution in [0.3, 0.4) is 0 Å². The number of thiazole rings is 1. The molecule has 1 heterocycles. The van der Waals surface area contributed by atoms with Crippen LogP contribution in [-0.4, -0.2) is 23.3 Å². The van der Waals surface area contributed by atoms with E-state index in [1.165, 1.54) is 18.3 Å². The summed E-state index contributed by atoms with van der Waals surface area (Å²) >= 11 is 1.53. The Labute approximate surface area is 105 Å². The third-order valence-corrected chi connectivity index (χ3v) is 3.11. The van der Waals surface area contributed by atoms with Gasteiger partial charge in [0.2, 0.25) is 11.8 Å². The lowest BCUT2D eigenvalue weighted by Gasteiger charge is -2.14. The summed E-state index contributed by atoms with van der Waals surface area (Å²) in [6, 6.07) is -0.0279. The molecule has 17 heavy (non-hydrogen) atoms. The fourth-order valence-electron chi connectivity index (χ4n) is 1.36. The van der Waals surface area contributed by atoms with E-state index in [1.807, 2.05) is 12.3 Å². The molecule has 0 aliphatic rings. The highest BCUT2D eigenvalue weighted by atomic mass is 32.1. The van der Waals surface area contributed by atoms with Crippen molar-refractivity contribution in [2.45, 2.75) is 32.7 Å². The summed E-state index contributed by atoms with van der Waals surface area (Å²) in [6.07, 6.45) is 2.83. The van der Waals surface area contributed by atoms with Crippen LogP contribution in [0.2, 0.25) is 0 Å². The van der Waals surface area contributed by atoms with Gasteiger partial charge in [-0.25, -0.2) is 4.98 Å². The molecule has 6 heteroatoms. The van der Waals surface area contributed by atoms with E-state index >= 15 is 0 Å². The van der Waals surface area contributed by atoms with Crippen LogP contribution in [0.5, 0.6) is 0 Å². The smallest absolute Gasteiger partial charge is 0.222 e. The van der Waals surface area contributed by atoms with Crippen molar-refractivity contribution in [1.29, 1.82) is 0 Å². The van der Waals surface area contributed by atoms with Crippen LogP contribution in [0.4, 0.5) is 0 Å². The van der Waals surface area contributed by atoms with E-state index in [-0.39, 0.29) is 17.9 Å². The maximum absolute atomic E-state index is 11.6. The molecule has 5 nitrogen and oxygen atoms in total. The molecule has 0 aliphatic carbocycles. The number of hydrogen-bond acceptors (Lipinski definition) is 4.